The molecule has 154 valence electrons. The molecule has 0 heterocycles. The van der Waals surface area contributed by atoms with Crippen LogP contribution in [0.2, 0.25) is 10.0 Å². The molecule has 0 aliphatic heterocycles. The van der Waals surface area contributed by atoms with E-state index >= 15 is 0 Å². The Morgan fingerprint density at radius 2 is 1.79 bits per heavy atom. The van der Waals surface area contributed by atoms with Crippen LogP contribution < -0.4 is 10.6 Å². The van der Waals surface area contributed by atoms with Crippen LogP contribution in [0.5, 0.6) is 0 Å². The molecule has 2 amide bonds. The molecule has 2 aromatic carbocycles. The minimum absolute atomic E-state index is 0.206. The van der Waals surface area contributed by atoms with Crippen LogP contribution in [-0.4, -0.2) is 42.9 Å². The number of esters is 1. The lowest BCUT2D eigenvalue weighted by Gasteiger charge is -2.19. The van der Waals surface area contributed by atoms with Gasteiger partial charge in [0, 0.05) is 10.7 Å². The zero-order chi connectivity index (χ0) is 21.4. The number of carbonyl (C=O) groups excluding carboxylic acids is 3. The molecular weight excluding hydrogens is 435 g/mol. The number of hydrogen-bond acceptors (Lipinski definition) is 5. The summed E-state index contributed by atoms with van der Waals surface area (Å²) < 4.78 is 4.65. The molecule has 0 bridgehead atoms. The van der Waals surface area contributed by atoms with Crippen molar-refractivity contribution in [2.75, 3.05) is 24.4 Å². The topological polar surface area (TPSA) is 84.5 Å². The van der Waals surface area contributed by atoms with E-state index in [-0.39, 0.29) is 16.5 Å². The number of hydrogen-bond donors (Lipinski definition) is 2. The number of amides is 2. The maximum absolute atomic E-state index is 12.7. The molecule has 0 aliphatic rings. The minimum atomic E-state index is -0.762. The monoisotopic (exact) mass is 454 g/mol. The van der Waals surface area contributed by atoms with Crippen molar-refractivity contribution in [3.63, 3.8) is 0 Å². The maximum Gasteiger partial charge on any atom is 0.337 e. The first-order valence-corrected chi connectivity index (χ1v) is 10.7. The van der Waals surface area contributed by atoms with Gasteiger partial charge >= 0.3 is 5.97 Å². The number of anilines is 1. The smallest absolute Gasteiger partial charge is 0.337 e. The SMILES string of the molecule is COC(=O)c1ccc(NC(=O)C(CCSC)NC(=O)c2ccc(Cl)cc2Cl)cc1. The minimum Gasteiger partial charge on any atom is -0.465 e. The van der Waals surface area contributed by atoms with Gasteiger partial charge in [-0.15, -0.1) is 0 Å². The van der Waals surface area contributed by atoms with Gasteiger partial charge in [-0.2, -0.15) is 11.8 Å². The number of carbonyl (C=O) groups is 3. The van der Waals surface area contributed by atoms with Crippen LogP contribution in [0.4, 0.5) is 5.69 Å². The predicted octanol–water partition coefficient (Wildman–Crippen LogP) is 4.27. The van der Waals surface area contributed by atoms with E-state index in [9.17, 15) is 14.4 Å². The van der Waals surface area contributed by atoms with Crippen molar-refractivity contribution >= 4 is 58.4 Å². The summed E-state index contributed by atoms with van der Waals surface area (Å²) in [7, 11) is 1.30. The summed E-state index contributed by atoms with van der Waals surface area (Å²) in [6, 6.07) is 10.0. The summed E-state index contributed by atoms with van der Waals surface area (Å²) in [5.74, 6) is -0.626. The number of nitrogens with one attached hydrogen (secondary N) is 2. The summed E-state index contributed by atoms with van der Waals surface area (Å²) in [6.07, 6.45) is 2.35. The average molecular weight is 455 g/mol. The van der Waals surface area contributed by atoms with Crippen molar-refractivity contribution in [2.24, 2.45) is 0 Å². The maximum atomic E-state index is 12.7. The second-order valence-corrected chi connectivity index (χ2v) is 7.82. The lowest BCUT2D eigenvalue weighted by molar-refractivity contribution is -0.118. The third kappa shape index (κ3) is 6.66. The molecule has 0 aromatic heterocycles. The van der Waals surface area contributed by atoms with Gasteiger partial charge in [0.1, 0.15) is 6.04 Å². The van der Waals surface area contributed by atoms with E-state index in [1.165, 1.54) is 19.2 Å². The van der Waals surface area contributed by atoms with Crippen molar-refractivity contribution in [1.82, 2.24) is 5.32 Å². The van der Waals surface area contributed by atoms with Crippen LogP contribution in [0, 0.1) is 0 Å². The summed E-state index contributed by atoms with van der Waals surface area (Å²) in [4.78, 5) is 36.8. The Hall–Kier alpha value is -2.22. The number of thioether (sulfide) groups is 1. The number of ether oxygens (including phenoxy) is 1. The Balaban J connectivity index is 2.10. The Kier molecular flexibility index (Phi) is 8.82. The van der Waals surface area contributed by atoms with Gasteiger partial charge in [-0.25, -0.2) is 4.79 Å². The van der Waals surface area contributed by atoms with E-state index in [4.69, 9.17) is 23.2 Å². The molecule has 2 aromatic rings. The lowest BCUT2D eigenvalue weighted by Crippen LogP contribution is -2.44. The highest BCUT2D eigenvalue weighted by Crippen LogP contribution is 2.21. The van der Waals surface area contributed by atoms with Crippen molar-refractivity contribution < 1.29 is 19.1 Å². The summed E-state index contributed by atoms with van der Waals surface area (Å²) >= 11 is 13.5. The molecule has 9 heteroatoms. The number of rotatable bonds is 8. The molecule has 0 saturated heterocycles. The molecule has 2 N–H and O–H groups in total. The molecule has 6 nitrogen and oxygen atoms in total. The van der Waals surface area contributed by atoms with Crippen LogP contribution in [-0.2, 0) is 9.53 Å². The van der Waals surface area contributed by atoms with Crippen LogP contribution in [0.3, 0.4) is 0 Å². The van der Waals surface area contributed by atoms with Gasteiger partial charge in [-0.3, -0.25) is 9.59 Å². The quantitative estimate of drug-likeness (QED) is 0.581. The van der Waals surface area contributed by atoms with Crippen molar-refractivity contribution in [2.45, 2.75) is 12.5 Å². The van der Waals surface area contributed by atoms with E-state index in [1.54, 1.807) is 42.1 Å². The highest BCUT2D eigenvalue weighted by molar-refractivity contribution is 7.98. The van der Waals surface area contributed by atoms with E-state index in [0.29, 0.717) is 28.4 Å². The fourth-order valence-electron chi connectivity index (χ4n) is 2.45. The predicted molar refractivity (Wildman–Crippen MR) is 117 cm³/mol. The molecular formula is C20H20Cl2N2O4S. The second-order valence-electron chi connectivity index (χ2n) is 5.99. The molecule has 0 spiro atoms. The van der Waals surface area contributed by atoms with Gasteiger partial charge in [0.2, 0.25) is 5.91 Å². The van der Waals surface area contributed by atoms with E-state index in [2.05, 4.69) is 15.4 Å². The largest absolute Gasteiger partial charge is 0.465 e. The highest BCUT2D eigenvalue weighted by atomic mass is 35.5. The van der Waals surface area contributed by atoms with Gasteiger partial charge in [0.15, 0.2) is 0 Å². The molecule has 0 aliphatic carbocycles. The lowest BCUT2D eigenvalue weighted by atomic mass is 10.1. The van der Waals surface area contributed by atoms with Gasteiger partial charge in [-0.1, -0.05) is 23.2 Å². The van der Waals surface area contributed by atoms with Gasteiger partial charge < -0.3 is 15.4 Å². The van der Waals surface area contributed by atoms with Crippen LogP contribution in [0.25, 0.3) is 0 Å². The third-order valence-electron chi connectivity index (χ3n) is 3.98. The van der Waals surface area contributed by atoms with Crippen LogP contribution >= 0.6 is 35.0 Å². The fourth-order valence-corrected chi connectivity index (χ4v) is 3.42. The van der Waals surface area contributed by atoms with E-state index < -0.39 is 17.9 Å². The van der Waals surface area contributed by atoms with E-state index in [0.717, 1.165) is 0 Å². The number of benzene rings is 2. The summed E-state index contributed by atoms with van der Waals surface area (Å²) in [6.45, 7) is 0. The van der Waals surface area contributed by atoms with Crippen molar-refractivity contribution in [3.05, 3.63) is 63.6 Å². The normalized spacial score (nSPS) is 11.4. The number of halogens is 2. The van der Waals surface area contributed by atoms with Gasteiger partial charge in [0.25, 0.3) is 5.91 Å². The van der Waals surface area contributed by atoms with Crippen molar-refractivity contribution in [3.8, 4) is 0 Å². The Bertz CT molecular complexity index is 891. The molecule has 0 saturated carbocycles. The summed E-state index contributed by atoms with van der Waals surface area (Å²) in [5, 5.41) is 6.09. The highest BCUT2D eigenvalue weighted by Gasteiger charge is 2.22. The average Bonchev–Trinajstić information content (AvgIpc) is 2.70. The fraction of sp³-hybridized carbons (Fsp3) is 0.250. The first-order chi connectivity index (χ1) is 13.8. The van der Waals surface area contributed by atoms with Crippen LogP contribution in [0.15, 0.2) is 42.5 Å². The second kappa shape index (κ2) is 11.1. The van der Waals surface area contributed by atoms with Gasteiger partial charge in [0.05, 0.1) is 23.3 Å². The Labute approximate surface area is 183 Å². The first-order valence-electron chi connectivity index (χ1n) is 8.59. The first kappa shape index (κ1) is 23.1. The number of methoxy groups -OCH3 is 1. The molecule has 1 atom stereocenters. The molecule has 0 fully saturated rings. The standard InChI is InChI=1S/C20H20Cl2N2O4S/c1-28-20(27)12-3-6-14(7-4-12)23-19(26)17(9-10-29-2)24-18(25)15-8-5-13(21)11-16(15)22/h3-8,11,17H,9-10H2,1-2H3,(H,23,26)(H,24,25). The molecule has 29 heavy (non-hydrogen) atoms. The van der Waals surface area contributed by atoms with Crippen LogP contribution in [0.1, 0.15) is 27.1 Å². The molecule has 0 radical (unpaired) electrons. The van der Waals surface area contributed by atoms with Gasteiger partial charge in [-0.05, 0) is 60.9 Å². The molecule has 2 rings (SSSR count). The zero-order valence-electron chi connectivity index (χ0n) is 15.8. The third-order valence-corrected chi connectivity index (χ3v) is 5.17. The summed E-state index contributed by atoms with van der Waals surface area (Å²) in [5.41, 5.74) is 1.10. The van der Waals surface area contributed by atoms with Crippen molar-refractivity contribution in [1.29, 1.82) is 0 Å². The molecule has 1 unspecified atom stereocenters. The Morgan fingerprint density at radius 1 is 1.10 bits per heavy atom. The Morgan fingerprint density at radius 3 is 2.38 bits per heavy atom. The van der Waals surface area contributed by atoms with E-state index in [1.807, 2.05) is 6.26 Å². The zero-order valence-corrected chi connectivity index (χ0v) is 18.2.